The standard InChI is InChI=1S/C14H16N4O3S/c1-10(14-17-15-9-18(14)2)8-16-22(19,20)12-5-3-4-11-6-7-21-13(11)12/h3-7,9-10,16H,8H2,1-2H3. The summed E-state index contributed by atoms with van der Waals surface area (Å²) in [5.74, 6) is 0.622. The van der Waals surface area contributed by atoms with E-state index in [4.69, 9.17) is 4.42 Å². The Balaban J connectivity index is 1.82. The molecule has 3 aromatic rings. The van der Waals surface area contributed by atoms with Crippen LogP contribution >= 0.6 is 0 Å². The summed E-state index contributed by atoms with van der Waals surface area (Å²) in [6.45, 7) is 2.12. The Labute approximate surface area is 128 Å². The highest BCUT2D eigenvalue weighted by Gasteiger charge is 2.21. The summed E-state index contributed by atoms with van der Waals surface area (Å²) in [5, 5.41) is 8.54. The lowest BCUT2D eigenvalue weighted by Crippen LogP contribution is -2.28. The number of hydrogen-bond donors (Lipinski definition) is 1. The molecule has 116 valence electrons. The first-order valence-corrected chi connectivity index (χ1v) is 8.27. The van der Waals surface area contributed by atoms with E-state index in [0.717, 1.165) is 11.2 Å². The summed E-state index contributed by atoms with van der Waals surface area (Å²) in [7, 11) is -1.83. The number of rotatable bonds is 5. The number of fused-ring (bicyclic) bond motifs is 1. The number of nitrogens with zero attached hydrogens (tertiary/aromatic N) is 3. The van der Waals surface area contributed by atoms with Crippen LogP contribution in [0.1, 0.15) is 18.7 Å². The largest absolute Gasteiger partial charge is 0.463 e. The minimum atomic E-state index is -3.66. The van der Waals surface area contributed by atoms with Crippen LogP contribution in [-0.4, -0.2) is 29.7 Å². The van der Waals surface area contributed by atoms with Crippen molar-refractivity contribution in [3.8, 4) is 0 Å². The van der Waals surface area contributed by atoms with E-state index in [9.17, 15) is 8.42 Å². The van der Waals surface area contributed by atoms with E-state index in [0.29, 0.717) is 5.58 Å². The SMILES string of the molecule is CC(CNS(=O)(=O)c1cccc2ccoc12)c1nncn1C. The van der Waals surface area contributed by atoms with Gasteiger partial charge in [-0.3, -0.25) is 0 Å². The van der Waals surface area contributed by atoms with Crippen LogP contribution in [0.2, 0.25) is 0 Å². The van der Waals surface area contributed by atoms with Gasteiger partial charge in [-0.1, -0.05) is 19.1 Å². The van der Waals surface area contributed by atoms with Crippen molar-refractivity contribution < 1.29 is 12.8 Å². The van der Waals surface area contributed by atoms with Crippen LogP contribution in [0.25, 0.3) is 11.0 Å². The predicted molar refractivity (Wildman–Crippen MR) is 80.8 cm³/mol. The Kier molecular flexibility index (Phi) is 3.71. The van der Waals surface area contributed by atoms with Crippen LogP contribution in [0.4, 0.5) is 0 Å². The zero-order valence-corrected chi connectivity index (χ0v) is 13.0. The number of furan rings is 1. The maximum absolute atomic E-state index is 12.5. The average molecular weight is 320 g/mol. The van der Waals surface area contributed by atoms with Gasteiger partial charge in [-0.2, -0.15) is 0 Å². The molecule has 0 aliphatic rings. The van der Waals surface area contributed by atoms with Crippen LogP contribution in [0.3, 0.4) is 0 Å². The Morgan fingerprint density at radius 1 is 1.36 bits per heavy atom. The van der Waals surface area contributed by atoms with Gasteiger partial charge in [0.1, 0.15) is 17.0 Å². The molecular formula is C14H16N4O3S. The van der Waals surface area contributed by atoms with Crippen molar-refractivity contribution in [2.24, 2.45) is 7.05 Å². The third-order valence-electron chi connectivity index (χ3n) is 3.50. The van der Waals surface area contributed by atoms with Gasteiger partial charge in [0.15, 0.2) is 5.58 Å². The molecule has 0 fully saturated rings. The second kappa shape index (κ2) is 5.54. The van der Waals surface area contributed by atoms with Gasteiger partial charge < -0.3 is 8.98 Å². The van der Waals surface area contributed by atoms with E-state index >= 15 is 0 Å². The van der Waals surface area contributed by atoms with E-state index in [1.165, 1.54) is 12.3 Å². The Hall–Kier alpha value is -2.19. The third-order valence-corrected chi connectivity index (χ3v) is 4.95. The van der Waals surface area contributed by atoms with Gasteiger partial charge in [-0.15, -0.1) is 10.2 Å². The van der Waals surface area contributed by atoms with Gasteiger partial charge in [0.2, 0.25) is 10.0 Å². The van der Waals surface area contributed by atoms with Crippen LogP contribution in [0.15, 0.2) is 46.2 Å². The maximum Gasteiger partial charge on any atom is 0.244 e. The third kappa shape index (κ3) is 2.62. The topological polar surface area (TPSA) is 90.0 Å². The van der Waals surface area contributed by atoms with Crippen molar-refractivity contribution in [3.63, 3.8) is 0 Å². The number of nitrogens with one attached hydrogen (secondary N) is 1. The molecule has 0 spiro atoms. The first kappa shape index (κ1) is 14.7. The van der Waals surface area contributed by atoms with Gasteiger partial charge in [0.05, 0.1) is 6.26 Å². The lowest BCUT2D eigenvalue weighted by atomic mass is 10.2. The molecule has 0 bridgehead atoms. The fraction of sp³-hybridized carbons (Fsp3) is 0.286. The van der Waals surface area contributed by atoms with E-state index in [-0.39, 0.29) is 17.4 Å². The Morgan fingerprint density at radius 3 is 2.91 bits per heavy atom. The van der Waals surface area contributed by atoms with Crippen LogP contribution in [0.5, 0.6) is 0 Å². The van der Waals surface area contributed by atoms with E-state index in [2.05, 4.69) is 14.9 Å². The molecule has 7 nitrogen and oxygen atoms in total. The zero-order chi connectivity index (χ0) is 15.7. The Bertz CT molecular complexity index is 898. The molecule has 1 N–H and O–H groups in total. The van der Waals surface area contributed by atoms with E-state index in [1.807, 2.05) is 14.0 Å². The molecule has 1 aromatic carbocycles. The second-order valence-electron chi connectivity index (χ2n) is 5.15. The molecule has 2 aromatic heterocycles. The summed E-state index contributed by atoms with van der Waals surface area (Å²) in [6.07, 6.45) is 3.07. The summed E-state index contributed by atoms with van der Waals surface area (Å²) < 4.78 is 34.6. The molecule has 22 heavy (non-hydrogen) atoms. The maximum atomic E-state index is 12.5. The van der Waals surface area contributed by atoms with Gasteiger partial charge in [0.25, 0.3) is 0 Å². The summed E-state index contributed by atoms with van der Waals surface area (Å²) in [6, 6.07) is 6.76. The quantitative estimate of drug-likeness (QED) is 0.772. The minimum absolute atomic E-state index is 0.0990. The minimum Gasteiger partial charge on any atom is -0.463 e. The van der Waals surface area contributed by atoms with E-state index < -0.39 is 10.0 Å². The van der Waals surface area contributed by atoms with Gasteiger partial charge in [-0.25, -0.2) is 13.1 Å². The number of para-hydroxylation sites is 1. The zero-order valence-electron chi connectivity index (χ0n) is 12.2. The predicted octanol–water partition coefficient (Wildman–Crippen LogP) is 1.64. The smallest absolute Gasteiger partial charge is 0.244 e. The molecule has 0 saturated heterocycles. The summed E-state index contributed by atoms with van der Waals surface area (Å²) in [4.78, 5) is 0.139. The van der Waals surface area contributed by atoms with Crippen LogP contribution in [0, 0.1) is 0 Å². The lowest BCUT2D eigenvalue weighted by molar-refractivity contribution is 0.562. The highest BCUT2D eigenvalue weighted by atomic mass is 32.2. The lowest BCUT2D eigenvalue weighted by Gasteiger charge is -2.12. The normalized spacial score (nSPS) is 13.5. The van der Waals surface area contributed by atoms with Crippen molar-refractivity contribution >= 4 is 21.0 Å². The monoisotopic (exact) mass is 320 g/mol. The fourth-order valence-corrected chi connectivity index (χ4v) is 3.61. The number of sulfonamides is 1. The number of aromatic nitrogens is 3. The molecule has 3 rings (SSSR count). The summed E-state index contributed by atoms with van der Waals surface area (Å²) in [5.41, 5.74) is 0.362. The van der Waals surface area contributed by atoms with E-state index in [1.54, 1.807) is 29.1 Å². The molecule has 1 atom stereocenters. The van der Waals surface area contributed by atoms with Crippen molar-refractivity contribution in [1.29, 1.82) is 0 Å². The molecule has 1 unspecified atom stereocenters. The summed E-state index contributed by atoms with van der Waals surface area (Å²) >= 11 is 0. The molecule has 2 heterocycles. The van der Waals surface area contributed by atoms with Crippen LogP contribution < -0.4 is 4.72 Å². The highest BCUT2D eigenvalue weighted by molar-refractivity contribution is 7.89. The number of aryl methyl sites for hydroxylation is 1. The molecule has 0 radical (unpaired) electrons. The van der Waals surface area contributed by atoms with Gasteiger partial charge >= 0.3 is 0 Å². The molecule has 0 saturated carbocycles. The molecule has 0 aliphatic heterocycles. The molecular weight excluding hydrogens is 304 g/mol. The fourth-order valence-electron chi connectivity index (χ4n) is 2.32. The van der Waals surface area contributed by atoms with Crippen molar-refractivity contribution in [2.45, 2.75) is 17.7 Å². The number of benzene rings is 1. The van der Waals surface area contributed by atoms with Crippen molar-refractivity contribution in [3.05, 3.63) is 42.7 Å². The first-order chi connectivity index (χ1) is 10.5. The van der Waals surface area contributed by atoms with Gasteiger partial charge in [0, 0.05) is 24.9 Å². The Morgan fingerprint density at radius 2 is 2.18 bits per heavy atom. The molecule has 8 heteroatoms. The van der Waals surface area contributed by atoms with Crippen molar-refractivity contribution in [2.75, 3.05) is 6.54 Å². The molecule has 0 aliphatic carbocycles. The first-order valence-electron chi connectivity index (χ1n) is 6.79. The second-order valence-corrected chi connectivity index (χ2v) is 6.88. The molecule has 0 amide bonds. The van der Waals surface area contributed by atoms with Crippen LogP contribution in [-0.2, 0) is 17.1 Å². The van der Waals surface area contributed by atoms with Gasteiger partial charge in [-0.05, 0) is 12.1 Å². The van der Waals surface area contributed by atoms with Crippen molar-refractivity contribution in [1.82, 2.24) is 19.5 Å². The number of hydrogen-bond acceptors (Lipinski definition) is 5. The highest BCUT2D eigenvalue weighted by Crippen LogP contribution is 2.24. The average Bonchev–Trinajstić information content (AvgIpc) is 3.12.